The van der Waals surface area contributed by atoms with E-state index in [1.54, 1.807) is 6.92 Å². The Kier molecular flexibility index (Phi) is 4.90. The average molecular weight is 242 g/mol. The van der Waals surface area contributed by atoms with Gasteiger partial charge >= 0.3 is 5.97 Å². The van der Waals surface area contributed by atoms with E-state index < -0.39 is 17.9 Å². The number of hydrogen-bond donors (Lipinski definition) is 1. The van der Waals surface area contributed by atoms with Gasteiger partial charge in [0.15, 0.2) is 17.7 Å². The van der Waals surface area contributed by atoms with Gasteiger partial charge in [0.25, 0.3) is 0 Å². The fraction of sp³-hybridized carbons (Fsp3) is 0.417. The monoisotopic (exact) mass is 242 g/mol. The molecule has 17 heavy (non-hydrogen) atoms. The Morgan fingerprint density at radius 1 is 1.53 bits per heavy atom. The van der Waals surface area contributed by atoms with Gasteiger partial charge in [0.2, 0.25) is 0 Å². The first-order valence-corrected chi connectivity index (χ1v) is 5.31. The third-order valence-electron chi connectivity index (χ3n) is 2.13. The Hall–Kier alpha value is -1.62. The molecule has 0 spiro atoms. The molecule has 1 N–H and O–H groups in total. The van der Waals surface area contributed by atoms with Gasteiger partial charge in [-0.2, -0.15) is 0 Å². The fourth-order valence-electron chi connectivity index (χ4n) is 1.29. The summed E-state index contributed by atoms with van der Waals surface area (Å²) in [5.41, 5.74) is 0.293. The zero-order valence-corrected chi connectivity index (χ0v) is 9.77. The van der Waals surface area contributed by atoms with Gasteiger partial charge < -0.3 is 14.6 Å². The second-order valence-electron chi connectivity index (χ2n) is 3.40. The first kappa shape index (κ1) is 13.4. The number of carbonyl (C=O) groups excluding carboxylic acids is 1. The van der Waals surface area contributed by atoms with E-state index in [1.165, 1.54) is 25.1 Å². The second kappa shape index (κ2) is 6.20. The summed E-state index contributed by atoms with van der Waals surface area (Å²) in [4.78, 5) is 11.3. The first-order chi connectivity index (χ1) is 8.10. The predicted octanol–water partition coefficient (Wildman–Crippen LogP) is 1.65. The quantitative estimate of drug-likeness (QED) is 0.798. The molecule has 4 nitrogen and oxygen atoms in total. The number of benzene rings is 1. The lowest BCUT2D eigenvalue weighted by molar-refractivity contribution is -0.150. The van der Waals surface area contributed by atoms with E-state index in [0.717, 1.165) is 0 Å². The SMILES string of the molecule is CCOC(=O)C(C)Oc1c(F)cccc1CO. The standard InChI is InChI=1S/C12H15FO4/c1-3-16-12(15)8(2)17-11-9(7-14)5-4-6-10(11)13/h4-6,8,14H,3,7H2,1-2H3. The number of halogens is 1. The fourth-order valence-corrected chi connectivity index (χ4v) is 1.29. The molecule has 1 aromatic rings. The van der Waals surface area contributed by atoms with E-state index in [4.69, 9.17) is 14.6 Å². The molecule has 1 unspecified atom stereocenters. The third-order valence-corrected chi connectivity index (χ3v) is 2.13. The largest absolute Gasteiger partial charge is 0.476 e. The van der Waals surface area contributed by atoms with Crippen molar-refractivity contribution < 1.29 is 23.8 Å². The first-order valence-electron chi connectivity index (χ1n) is 5.31. The van der Waals surface area contributed by atoms with Crippen molar-refractivity contribution in [3.8, 4) is 5.75 Å². The molecule has 0 fully saturated rings. The Balaban J connectivity index is 2.83. The van der Waals surface area contributed by atoms with Crippen LogP contribution >= 0.6 is 0 Å². The van der Waals surface area contributed by atoms with Crippen molar-refractivity contribution in [3.05, 3.63) is 29.6 Å². The summed E-state index contributed by atoms with van der Waals surface area (Å²) in [5.74, 6) is -1.30. The van der Waals surface area contributed by atoms with Crippen LogP contribution in [0.1, 0.15) is 19.4 Å². The minimum Gasteiger partial charge on any atom is -0.476 e. The van der Waals surface area contributed by atoms with E-state index in [2.05, 4.69) is 0 Å². The van der Waals surface area contributed by atoms with Crippen molar-refractivity contribution >= 4 is 5.97 Å². The van der Waals surface area contributed by atoms with E-state index in [0.29, 0.717) is 5.56 Å². The number of aliphatic hydroxyl groups excluding tert-OH is 1. The van der Waals surface area contributed by atoms with Gasteiger partial charge in [0.1, 0.15) is 0 Å². The van der Waals surface area contributed by atoms with Crippen LogP contribution in [0.25, 0.3) is 0 Å². The molecule has 0 aliphatic carbocycles. The van der Waals surface area contributed by atoms with E-state index in [9.17, 15) is 9.18 Å². The van der Waals surface area contributed by atoms with Crippen molar-refractivity contribution in [2.75, 3.05) is 6.61 Å². The molecule has 0 bridgehead atoms. The predicted molar refractivity (Wildman–Crippen MR) is 59.0 cm³/mol. The molecule has 1 rings (SSSR count). The van der Waals surface area contributed by atoms with Crippen molar-refractivity contribution in [1.29, 1.82) is 0 Å². The van der Waals surface area contributed by atoms with E-state index in [1.807, 2.05) is 0 Å². The zero-order chi connectivity index (χ0) is 12.8. The number of para-hydroxylation sites is 1. The smallest absolute Gasteiger partial charge is 0.347 e. The summed E-state index contributed by atoms with van der Waals surface area (Å²) in [5, 5.41) is 9.03. The Morgan fingerprint density at radius 3 is 2.82 bits per heavy atom. The molecule has 0 saturated heterocycles. The van der Waals surface area contributed by atoms with Crippen LogP contribution in [0.15, 0.2) is 18.2 Å². The average Bonchev–Trinajstić information content (AvgIpc) is 2.31. The number of ether oxygens (including phenoxy) is 2. The lowest BCUT2D eigenvalue weighted by Crippen LogP contribution is -2.26. The lowest BCUT2D eigenvalue weighted by atomic mass is 10.2. The topological polar surface area (TPSA) is 55.8 Å². The van der Waals surface area contributed by atoms with Crippen LogP contribution in [0, 0.1) is 5.82 Å². The van der Waals surface area contributed by atoms with Crippen LogP contribution in [0.4, 0.5) is 4.39 Å². The molecule has 0 aliphatic rings. The maximum absolute atomic E-state index is 13.5. The molecule has 0 saturated carbocycles. The highest BCUT2D eigenvalue weighted by Crippen LogP contribution is 2.24. The van der Waals surface area contributed by atoms with Gasteiger partial charge in [-0.3, -0.25) is 0 Å². The summed E-state index contributed by atoms with van der Waals surface area (Å²) in [7, 11) is 0. The Morgan fingerprint density at radius 2 is 2.24 bits per heavy atom. The van der Waals surface area contributed by atoms with Gasteiger partial charge in [-0.25, -0.2) is 9.18 Å². The van der Waals surface area contributed by atoms with Crippen molar-refractivity contribution in [3.63, 3.8) is 0 Å². The minimum absolute atomic E-state index is 0.115. The Bertz CT molecular complexity index is 392. The van der Waals surface area contributed by atoms with Crippen LogP contribution in [0.5, 0.6) is 5.75 Å². The third kappa shape index (κ3) is 3.42. The summed E-state index contributed by atoms with van der Waals surface area (Å²) in [6, 6.07) is 4.19. The normalized spacial score (nSPS) is 12.0. The van der Waals surface area contributed by atoms with Gasteiger partial charge in [-0.15, -0.1) is 0 Å². The van der Waals surface area contributed by atoms with Crippen molar-refractivity contribution in [2.24, 2.45) is 0 Å². The summed E-state index contributed by atoms with van der Waals surface area (Å²) < 4.78 is 23.4. The molecule has 94 valence electrons. The summed E-state index contributed by atoms with van der Waals surface area (Å²) >= 11 is 0. The maximum Gasteiger partial charge on any atom is 0.347 e. The molecule has 0 aromatic heterocycles. The highest BCUT2D eigenvalue weighted by Gasteiger charge is 2.19. The highest BCUT2D eigenvalue weighted by molar-refractivity contribution is 5.74. The molecule has 1 atom stereocenters. The number of esters is 1. The van der Waals surface area contributed by atoms with Crippen LogP contribution in [0.3, 0.4) is 0 Å². The van der Waals surface area contributed by atoms with Gasteiger partial charge in [0, 0.05) is 5.56 Å². The molecule has 0 amide bonds. The number of aliphatic hydroxyl groups is 1. The lowest BCUT2D eigenvalue weighted by Gasteiger charge is -2.16. The van der Waals surface area contributed by atoms with Gasteiger partial charge in [-0.1, -0.05) is 12.1 Å². The number of hydrogen-bond acceptors (Lipinski definition) is 4. The van der Waals surface area contributed by atoms with Crippen LogP contribution in [0.2, 0.25) is 0 Å². The molecule has 0 aliphatic heterocycles. The van der Waals surface area contributed by atoms with Crippen LogP contribution < -0.4 is 4.74 Å². The molecule has 0 radical (unpaired) electrons. The molecular weight excluding hydrogens is 227 g/mol. The van der Waals surface area contributed by atoms with Crippen LogP contribution in [-0.4, -0.2) is 23.8 Å². The molecule has 5 heteroatoms. The van der Waals surface area contributed by atoms with E-state index >= 15 is 0 Å². The highest BCUT2D eigenvalue weighted by atomic mass is 19.1. The van der Waals surface area contributed by atoms with Crippen LogP contribution in [-0.2, 0) is 16.1 Å². The van der Waals surface area contributed by atoms with Gasteiger partial charge in [0.05, 0.1) is 13.2 Å². The molecule has 0 heterocycles. The second-order valence-corrected chi connectivity index (χ2v) is 3.40. The molecular formula is C12H15FO4. The maximum atomic E-state index is 13.5. The van der Waals surface area contributed by atoms with Crippen molar-refractivity contribution in [1.82, 2.24) is 0 Å². The molecule has 1 aromatic carbocycles. The number of rotatable bonds is 5. The van der Waals surface area contributed by atoms with Crippen molar-refractivity contribution in [2.45, 2.75) is 26.6 Å². The zero-order valence-electron chi connectivity index (χ0n) is 9.77. The minimum atomic E-state index is -0.919. The van der Waals surface area contributed by atoms with E-state index in [-0.39, 0.29) is 19.0 Å². The Labute approximate surface area is 99.0 Å². The number of carbonyl (C=O) groups is 1. The van der Waals surface area contributed by atoms with Gasteiger partial charge in [-0.05, 0) is 19.9 Å². The summed E-state index contributed by atoms with van der Waals surface area (Å²) in [6.45, 7) is 3.01. The summed E-state index contributed by atoms with van der Waals surface area (Å²) in [6.07, 6.45) is -0.919.